The lowest BCUT2D eigenvalue weighted by Gasteiger charge is -2.29. The van der Waals surface area contributed by atoms with Gasteiger partial charge in [0, 0.05) is 11.3 Å². The van der Waals surface area contributed by atoms with Crippen LogP contribution in [-0.4, -0.2) is 35.5 Å². The minimum absolute atomic E-state index is 0. The van der Waals surface area contributed by atoms with Gasteiger partial charge in [-0.25, -0.2) is 0 Å². The highest BCUT2D eigenvalue weighted by Gasteiger charge is 2.32. The van der Waals surface area contributed by atoms with Gasteiger partial charge in [0.2, 0.25) is 5.91 Å². The number of amides is 1. The highest BCUT2D eigenvalue weighted by Crippen LogP contribution is 2.29. The van der Waals surface area contributed by atoms with E-state index in [0.29, 0.717) is 11.3 Å². The number of carbonyl (C=O) groups is 1. The molecule has 0 aromatic rings. The lowest BCUT2D eigenvalue weighted by Crippen LogP contribution is -2.55. The Morgan fingerprint density at radius 3 is 2.75 bits per heavy atom. The number of hydrogen-bond donors (Lipinski definition) is 2. The van der Waals surface area contributed by atoms with Crippen molar-refractivity contribution in [3.63, 3.8) is 0 Å². The summed E-state index contributed by atoms with van der Waals surface area (Å²) in [5.41, 5.74) is 0. The molecular weight excluding hydrogens is 244 g/mol. The van der Waals surface area contributed by atoms with Crippen LogP contribution in [-0.2, 0) is 4.79 Å². The summed E-state index contributed by atoms with van der Waals surface area (Å²) >= 11 is 1.99. The van der Waals surface area contributed by atoms with Crippen LogP contribution >= 0.6 is 24.2 Å². The van der Waals surface area contributed by atoms with Crippen molar-refractivity contribution in [2.24, 2.45) is 0 Å². The molecule has 1 heterocycles. The van der Waals surface area contributed by atoms with Crippen LogP contribution < -0.4 is 10.6 Å². The van der Waals surface area contributed by atoms with Crippen LogP contribution in [0.3, 0.4) is 0 Å². The molecule has 0 aromatic carbocycles. The topological polar surface area (TPSA) is 41.1 Å². The van der Waals surface area contributed by atoms with Gasteiger partial charge >= 0.3 is 0 Å². The molecule has 2 fully saturated rings. The monoisotopic (exact) mass is 264 g/mol. The van der Waals surface area contributed by atoms with E-state index in [1.54, 1.807) is 0 Å². The molecule has 2 N–H and O–H groups in total. The summed E-state index contributed by atoms with van der Waals surface area (Å²) < 4.78 is 0. The van der Waals surface area contributed by atoms with Crippen molar-refractivity contribution >= 4 is 30.1 Å². The maximum atomic E-state index is 11.7. The van der Waals surface area contributed by atoms with Crippen LogP contribution in [0.2, 0.25) is 0 Å². The van der Waals surface area contributed by atoms with E-state index < -0.39 is 0 Å². The number of carbonyl (C=O) groups excluding carboxylic acids is 1. The van der Waals surface area contributed by atoms with Crippen LogP contribution in [0.4, 0.5) is 0 Å². The Kier molecular flexibility index (Phi) is 5.94. The second kappa shape index (κ2) is 6.72. The summed E-state index contributed by atoms with van der Waals surface area (Å²) in [5.74, 6) is 1.37. The fraction of sp³-hybridized carbons (Fsp3) is 0.909. The third kappa shape index (κ3) is 3.28. The molecule has 1 amide bonds. The van der Waals surface area contributed by atoms with E-state index in [1.807, 2.05) is 11.8 Å². The first-order valence-electron chi connectivity index (χ1n) is 5.96. The number of thioether (sulfide) groups is 1. The van der Waals surface area contributed by atoms with Gasteiger partial charge in [0.15, 0.2) is 0 Å². The smallest absolute Gasteiger partial charge is 0.237 e. The largest absolute Gasteiger partial charge is 0.351 e. The fourth-order valence-corrected chi connectivity index (χ4v) is 3.50. The third-order valence-electron chi connectivity index (χ3n) is 3.30. The normalized spacial score (nSPS) is 32.7. The Balaban J connectivity index is 0.00000128. The number of halogens is 1. The van der Waals surface area contributed by atoms with Crippen molar-refractivity contribution < 1.29 is 4.79 Å². The van der Waals surface area contributed by atoms with Gasteiger partial charge < -0.3 is 10.6 Å². The summed E-state index contributed by atoms with van der Waals surface area (Å²) in [5, 5.41) is 6.99. The molecule has 2 aliphatic rings. The lowest BCUT2D eigenvalue weighted by atomic mass is 10.1. The fourth-order valence-electron chi connectivity index (χ4n) is 2.30. The number of nitrogens with one attached hydrogen (secondary N) is 2. The second-order valence-electron chi connectivity index (χ2n) is 4.34. The van der Waals surface area contributed by atoms with Gasteiger partial charge in [-0.15, -0.1) is 12.4 Å². The summed E-state index contributed by atoms with van der Waals surface area (Å²) in [4.78, 5) is 11.7. The Morgan fingerprint density at radius 1 is 1.44 bits per heavy atom. The van der Waals surface area contributed by atoms with Gasteiger partial charge in [0.05, 0.1) is 6.04 Å². The molecule has 0 spiro atoms. The molecule has 16 heavy (non-hydrogen) atoms. The lowest BCUT2D eigenvalue weighted by molar-refractivity contribution is -0.125. The third-order valence-corrected chi connectivity index (χ3v) is 4.63. The molecule has 3 nitrogen and oxygen atoms in total. The quantitative estimate of drug-likeness (QED) is 0.810. The van der Waals surface area contributed by atoms with Gasteiger partial charge in [0.25, 0.3) is 0 Å². The maximum absolute atomic E-state index is 11.7. The Labute approximate surface area is 108 Å². The van der Waals surface area contributed by atoms with E-state index in [0.717, 1.165) is 25.1 Å². The SMILES string of the molecule is CCSC1CCCC1NC(=O)[C@H]1CCN1.Cl. The van der Waals surface area contributed by atoms with Crippen LogP contribution in [0.1, 0.15) is 32.6 Å². The van der Waals surface area contributed by atoms with Gasteiger partial charge in [-0.2, -0.15) is 11.8 Å². The van der Waals surface area contributed by atoms with Crippen molar-refractivity contribution in [2.75, 3.05) is 12.3 Å². The molecule has 1 aliphatic heterocycles. The Bertz CT molecular complexity index is 236. The van der Waals surface area contributed by atoms with Gasteiger partial charge in [-0.1, -0.05) is 13.3 Å². The molecule has 5 heteroatoms. The zero-order valence-electron chi connectivity index (χ0n) is 9.70. The van der Waals surface area contributed by atoms with Crippen LogP contribution in [0.15, 0.2) is 0 Å². The van der Waals surface area contributed by atoms with Crippen LogP contribution in [0.25, 0.3) is 0 Å². The standard InChI is InChI=1S/C11H20N2OS.ClH/c1-2-15-10-5-3-4-8(10)13-11(14)9-6-7-12-9;/h8-10,12H,2-7H2,1H3,(H,13,14);1H/t8?,9-,10?;/m1./s1. The Morgan fingerprint density at radius 2 is 2.19 bits per heavy atom. The molecule has 0 radical (unpaired) electrons. The van der Waals surface area contributed by atoms with Gasteiger partial charge in [0.1, 0.15) is 0 Å². The van der Waals surface area contributed by atoms with Crippen molar-refractivity contribution in [3.8, 4) is 0 Å². The minimum atomic E-state index is 0. The molecule has 1 saturated heterocycles. The zero-order valence-corrected chi connectivity index (χ0v) is 11.3. The Hall–Kier alpha value is 0.0700. The first-order valence-corrected chi connectivity index (χ1v) is 7.01. The van der Waals surface area contributed by atoms with E-state index in [-0.39, 0.29) is 24.4 Å². The summed E-state index contributed by atoms with van der Waals surface area (Å²) in [6.45, 7) is 3.19. The van der Waals surface area contributed by atoms with E-state index in [2.05, 4.69) is 17.6 Å². The molecule has 94 valence electrons. The van der Waals surface area contributed by atoms with Gasteiger partial charge in [-0.05, 0) is 31.6 Å². The van der Waals surface area contributed by atoms with Crippen molar-refractivity contribution in [3.05, 3.63) is 0 Å². The van der Waals surface area contributed by atoms with E-state index in [1.165, 1.54) is 12.8 Å². The highest BCUT2D eigenvalue weighted by atomic mass is 35.5. The molecule has 1 aliphatic carbocycles. The van der Waals surface area contributed by atoms with E-state index in [4.69, 9.17) is 0 Å². The first-order chi connectivity index (χ1) is 7.31. The van der Waals surface area contributed by atoms with Crippen molar-refractivity contribution in [2.45, 2.75) is 49.9 Å². The minimum Gasteiger partial charge on any atom is -0.351 e. The summed E-state index contributed by atoms with van der Waals surface area (Å²) in [6.07, 6.45) is 4.70. The average Bonchev–Trinajstić information content (AvgIpc) is 2.50. The molecule has 2 unspecified atom stereocenters. The van der Waals surface area contributed by atoms with Crippen molar-refractivity contribution in [1.82, 2.24) is 10.6 Å². The summed E-state index contributed by atoms with van der Waals surface area (Å²) in [6, 6.07) is 0.516. The predicted octanol–water partition coefficient (Wildman–Crippen LogP) is 1.56. The molecule has 0 aromatic heterocycles. The summed E-state index contributed by atoms with van der Waals surface area (Å²) in [7, 11) is 0. The van der Waals surface area contributed by atoms with Gasteiger partial charge in [-0.3, -0.25) is 4.79 Å². The zero-order chi connectivity index (χ0) is 10.7. The molecule has 2 rings (SSSR count). The van der Waals surface area contributed by atoms with E-state index in [9.17, 15) is 4.79 Å². The average molecular weight is 265 g/mol. The van der Waals surface area contributed by atoms with Crippen molar-refractivity contribution in [1.29, 1.82) is 0 Å². The second-order valence-corrected chi connectivity index (χ2v) is 5.85. The highest BCUT2D eigenvalue weighted by molar-refractivity contribution is 7.99. The number of hydrogen-bond acceptors (Lipinski definition) is 3. The van der Waals surface area contributed by atoms with Crippen LogP contribution in [0.5, 0.6) is 0 Å². The predicted molar refractivity (Wildman–Crippen MR) is 71.4 cm³/mol. The maximum Gasteiger partial charge on any atom is 0.237 e. The molecular formula is C11H21ClN2OS. The molecule has 1 saturated carbocycles. The first kappa shape index (κ1) is 14.1. The van der Waals surface area contributed by atoms with E-state index >= 15 is 0 Å². The molecule has 0 bridgehead atoms. The molecule has 3 atom stereocenters. The van der Waals surface area contributed by atoms with Crippen LogP contribution in [0, 0.1) is 0 Å². The number of rotatable bonds is 4.